The van der Waals surface area contributed by atoms with Gasteiger partial charge in [-0.3, -0.25) is 4.79 Å². The van der Waals surface area contributed by atoms with E-state index in [9.17, 15) is 14.7 Å². The van der Waals surface area contributed by atoms with Gasteiger partial charge < -0.3 is 20.4 Å². The molecule has 0 radical (unpaired) electrons. The van der Waals surface area contributed by atoms with Crippen LogP contribution in [0.5, 0.6) is 0 Å². The molecule has 2 rings (SSSR count). The number of hydrogen-bond donors (Lipinski definition) is 3. The van der Waals surface area contributed by atoms with E-state index in [1.165, 1.54) is 0 Å². The Balaban J connectivity index is 1.96. The summed E-state index contributed by atoms with van der Waals surface area (Å²) in [4.78, 5) is 25.5. The molecule has 0 aromatic rings. The summed E-state index contributed by atoms with van der Waals surface area (Å²) in [5, 5.41) is 21.3. The summed E-state index contributed by atoms with van der Waals surface area (Å²) < 4.78 is 0. The van der Waals surface area contributed by atoms with E-state index in [-0.39, 0.29) is 24.7 Å². The average Bonchev–Trinajstić information content (AvgIpc) is 2.48. The van der Waals surface area contributed by atoms with Gasteiger partial charge in [-0.2, -0.15) is 0 Å². The number of likely N-dealkylation sites (tertiary alicyclic amines) is 1. The van der Waals surface area contributed by atoms with E-state index in [1.807, 2.05) is 0 Å². The third kappa shape index (κ3) is 4.09. The number of carboxylic acid groups (broad SMARTS) is 1. The van der Waals surface area contributed by atoms with Gasteiger partial charge in [0.1, 0.15) is 0 Å². The zero-order valence-electron chi connectivity index (χ0n) is 12.5. The number of carbonyl (C=O) groups is 2. The van der Waals surface area contributed by atoms with Gasteiger partial charge in [0.25, 0.3) is 0 Å². The number of carbonyl (C=O) groups excluding carboxylic acids is 1. The number of amides is 2. The SMILES string of the molecule is O=C(O)C1CCCCC1NC(=O)N1CCCCC1CCO. The van der Waals surface area contributed by atoms with E-state index in [0.717, 1.165) is 38.5 Å². The van der Waals surface area contributed by atoms with Crippen LogP contribution in [0.1, 0.15) is 51.4 Å². The Morgan fingerprint density at radius 3 is 2.52 bits per heavy atom. The Labute approximate surface area is 125 Å². The van der Waals surface area contributed by atoms with E-state index < -0.39 is 11.9 Å². The molecular formula is C15H26N2O4. The fraction of sp³-hybridized carbons (Fsp3) is 0.867. The monoisotopic (exact) mass is 298 g/mol. The maximum Gasteiger partial charge on any atom is 0.317 e. The molecule has 2 fully saturated rings. The van der Waals surface area contributed by atoms with Gasteiger partial charge in [-0.1, -0.05) is 12.8 Å². The van der Waals surface area contributed by atoms with Crippen LogP contribution in [0.4, 0.5) is 4.79 Å². The van der Waals surface area contributed by atoms with Crippen molar-refractivity contribution in [1.29, 1.82) is 0 Å². The molecule has 3 atom stereocenters. The summed E-state index contributed by atoms with van der Waals surface area (Å²) in [6, 6.07) is -0.345. The number of nitrogens with zero attached hydrogens (tertiary/aromatic N) is 1. The molecule has 1 aliphatic carbocycles. The summed E-state index contributed by atoms with van der Waals surface area (Å²) in [7, 11) is 0. The van der Waals surface area contributed by atoms with Crippen LogP contribution in [-0.4, -0.2) is 52.3 Å². The minimum absolute atomic E-state index is 0.0790. The first-order chi connectivity index (χ1) is 10.1. The molecule has 3 N–H and O–H groups in total. The van der Waals surface area contributed by atoms with Crippen molar-refractivity contribution in [2.45, 2.75) is 63.5 Å². The lowest BCUT2D eigenvalue weighted by Crippen LogP contribution is -2.54. The molecule has 2 aliphatic rings. The van der Waals surface area contributed by atoms with Gasteiger partial charge in [0.15, 0.2) is 0 Å². The lowest BCUT2D eigenvalue weighted by atomic mass is 9.84. The molecular weight excluding hydrogens is 272 g/mol. The first-order valence-corrected chi connectivity index (χ1v) is 8.04. The first kappa shape index (κ1) is 16.1. The number of hydrogen-bond acceptors (Lipinski definition) is 3. The van der Waals surface area contributed by atoms with Gasteiger partial charge >= 0.3 is 12.0 Å². The molecule has 21 heavy (non-hydrogen) atoms. The van der Waals surface area contributed by atoms with Crippen LogP contribution in [0, 0.1) is 5.92 Å². The molecule has 0 aromatic heterocycles. The highest BCUT2D eigenvalue weighted by atomic mass is 16.4. The second kappa shape index (κ2) is 7.64. The quantitative estimate of drug-likeness (QED) is 0.735. The fourth-order valence-corrected chi connectivity index (χ4v) is 3.56. The van der Waals surface area contributed by atoms with Crippen molar-refractivity contribution >= 4 is 12.0 Å². The molecule has 0 spiro atoms. The summed E-state index contributed by atoms with van der Waals surface area (Å²) >= 11 is 0. The Morgan fingerprint density at radius 2 is 1.81 bits per heavy atom. The van der Waals surface area contributed by atoms with Gasteiger partial charge in [0.05, 0.1) is 5.92 Å². The average molecular weight is 298 g/mol. The van der Waals surface area contributed by atoms with Crippen LogP contribution in [-0.2, 0) is 4.79 Å². The van der Waals surface area contributed by atoms with Crippen molar-refractivity contribution < 1.29 is 19.8 Å². The highest BCUT2D eigenvalue weighted by molar-refractivity contribution is 5.77. The van der Waals surface area contributed by atoms with Crippen molar-refractivity contribution in [1.82, 2.24) is 10.2 Å². The van der Waals surface area contributed by atoms with Gasteiger partial charge in [-0.25, -0.2) is 4.79 Å². The van der Waals surface area contributed by atoms with Crippen LogP contribution < -0.4 is 5.32 Å². The van der Waals surface area contributed by atoms with Crippen LogP contribution in [0.25, 0.3) is 0 Å². The maximum atomic E-state index is 12.5. The zero-order chi connectivity index (χ0) is 15.2. The minimum Gasteiger partial charge on any atom is -0.481 e. The summed E-state index contributed by atoms with van der Waals surface area (Å²) in [5.41, 5.74) is 0. The predicted molar refractivity (Wildman–Crippen MR) is 78.0 cm³/mol. The van der Waals surface area contributed by atoms with Crippen LogP contribution >= 0.6 is 0 Å². The van der Waals surface area contributed by atoms with Crippen molar-refractivity contribution in [3.05, 3.63) is 0 Å². The number of piperidine rings is 1. The van der Waals surface area contributed by atoms with E-state index in [1.54, 1.807) is 4.90 Å². The summed E-state index contributed by atoms with van der Waals surface area (Å²) in [5.74, 6) is -1.28. The van der Waals surface area contributed by atoms with Crippen molar-refractivity contribution in [3.63, 3.8) is 0 Å². The standard InChI is InChI=1S/C15H26N2O4/c18-10-8-11-5-3-4-9-17(11)15(21)16-13-7-2-1-6-12(13)14(19)20/h11-13,18H,1-10H2,(H,16,21)(H,19,20). The number of rotatable bonds is 4. The highest BCUT2D eigenvalue weighted by Gasteiger charge is 2.34. The molecule has 0 bridgehead atoms. The zero-order valence-corrected chi connectivity index (χ0v) is 12.5. The van der Waals surface area contributed by atoms with Crippen LogP contribution in [0.15, 0.2) is 0 Å². The Hall–Kier alpha value is -1.30. The molecule has 1 saturated heterocycles. The number of aliphatic hydroxyl groups excluding tert-OH is 1. The predicted octanol–water partition coefficient (Wildman–Crippen LogP) is 1.58. The Morgan fingerprint density at radius 1 is 1.10 bits per heavy atom. The molecule has 120 valence electrons. The fourth-order valence-electron chi connectivity index (χ4n) is 3.56. The third-order valence-electron chi connectivity index (χ3n) is 4.74. The number of aliphatic carboxylic acids is 1. The number of carboxylic acids is 1. The maximum absolute atomic E-state index is 12.5. The highest BCUT2D eigenvalue weighted by Crippen LogP contribution is 2.26. The van der Waals surface area contributed by atoms with Gasteiger partial charge in [0.2, 0.25) is 0 Å². The van der Waals surface area contributed by atoms with Gasteiger partial charge in [-0.05, 0) is 38.5 Å². The van der Waals surface area contributed by atoms with E-state index in [4.69, 9.17) is 5.11 Å². The van der Waals surface area contributed by atoms with Crippen molar-refractivity contribution in [2.75, 3.05) is 13.2 Å². The minimum atomic E-state index is -0.814. The van der Waals surface area contributed by atoms with E-state index in [0.29, 0.717) is 19.4 Å². The lowest BCUT2D eigenvalue weighted by Gasteiger charge is -2.38. The molecule has 3 unspecified atom stereocenters. The molecule has 1 aliphatic heterocycles. The Kier molecular flexibility index (Phi) is 5.85. The smallest absolute Gasteiger partial charge is 0.317 e. The first-order valence-electron chi connectivity index (χ1n) is 8.04. The third-order valence-corrected chi connectivity index (χ3v) is 4.74. The van der Waals surface area contributed by atoms with Crippen molar-refractivity contribution in [2.24, 2.45) is 5.92 Å². The molecule has 6 heteroatoms. The van der Waals surface area contributed by atoms with Crippen LogP contribution in [0.2, 0.25) is 0 Å². The number of aliphatic hydroxyl groups is 1. The van der Waals surface area contributed by atoms with Gasteiger partial charge in [-0.15, -0.1) is 0 Å². The van der Waals surface area contributed by atoms with E-state index in [2.05, 4.69) is 5.32 Å². The second-order valence-corrected chi connectivity index (χ2v) is 6.14. The molecule has 1 heterocycles. The van der Waals surface area contributed by atoms with Gasteiger partial charge in [0, 0.05) is 25.2 Å². The summed E-state index contributed by atoms with van der Waals surface area (Å²) in [6.07, 6.45) is 6.83. The normalized spacial score (nSPS) is 30.0. The Bertz CT molecular complexity index is 373. The van der Waals surface area contributed by atoms with Crippen molar-refractivity contribution in [3.8, 4) is 0 Å². The van der Waals surface area contributed by atoms with E-state index >= 15 is 0 Å². The lowest BCUT2D eigenvalue weighted by molar-refractivity contribution is -0.143. The molecule has 1 saturated carbocycles. The molecule has 0 aromatic carbocycles. The molecule has 6 nitrogen and oxygen atoms in total. The second-order valence-electron chi connectivity index (χ2n) is 6.14. The summed E-state index contributed by atoms with van der Waals surface area (Å²) in [6.45, 7) is 0.774. The number of nitrogens with one attached hydrogen (secondary N) is 1. The molecule has 2 amide bonds. The topological polar surface area (TPSA) is 89.9 Å². The largest absolute Gasteiger partial charge is 0.481 e. The number of urea groups is 1. The van der Waals surface area contributed by atoms with Crippen LogP contribution in [0.3, 0.4) is 0 Å².